The van der Waals surface area contributed by atoms with Gasteiger partial charge in [0.1, 0.15) is 12.5 Å². The van der Waals surface area contributed by atoms with Gasteiger partial charge in [0.25, 0.3) is 0 Å². The fourth-order valence-electron chi connectivity index (χ4n) is 2.43. The van der Waals surface area contributed by atoms with Crippen LogP contribution in [0.15, 0.2) is 30.3 Å². The zero-order chi connectivity index (χ0) is 15.2. The summed E-state index contributed by atoms with van der Waals surface area (Å²) in [6.07, 6.45) is -0.353. The van der Waals surface area contributed by atoms with Crippen molar-refractivity contribution >= 4 is 12.1 Å². The van der Waals surface area contributed by atoms with E-state index in [0.717, 1.165) is 5.56 Å². The van der Waals surface area contributed by atoms with E-state index < -0.39 is 18.0 Å². The van der Waals surface area contributed by atoms with E-state index in [-0.39, 0.29) is 19.3 Å². The smallest absolute Gasteiger partial charge is 0.410 e. The second-order valence-electron chi connectivity index (χ2n) is 4.99. The maximum atomic E-state index is 12.0. The number of ether oxygens (including phenoxy) is 2. The number of likely N-dealkylation sites (tertiary alicyclic amines) is 1. The number of carboxylic acids is 1. The van der Waals surface area contributed by atoms with Crippen molar-refractivity contribution in [1.29, 1.82) is 0 Å². The Morgan fingerprint density at radius 3 is 2.67 bits per heavy atom. The number of benzene rings is 1. The maximum Gasteiger partial charge on any atom is 0.410 e. The largest absolute Gasteiger partial charge is 0.481 e. The standard InChI is InChI=1S/C15H19NO5/c1-20-13-7-8-16(9-12(13)14(17)18)15(19)21-10-11-5-3-2-4-6-11/h2-6,12-13H,7-10H2,1H3,(H,17,18). The van der Waals surface area contributed by atoms with Crippen LogP contribution in [0.5, 0.6) is 0 Å². The monoisotopic (exact) mass is 293 g/mol. The van der Waals surface area contributed by atoms with Crippen molar-refractivity contribution < 1.29 is 24.2 Å². The lowest BCUT2D eigenvalue weighted by atomic mass is 9.95. The number of hydrogen-bond donors (Lipinski definition) is 1. The fraction of sp³-hybridized carbons (Fsp3) is 0.467. The fourth-order valence-corrected chi connectivity index (χ4v) is 2.43. The molecule has 6 nitrogen and oxygen atoms in total. The molecule has 1 aliphatic rings. The Balaban J connectivity index is 1.89. The molecule has 0 aromatic heterocycles. The van der Waals surface area contributed by atoms with Crippen LogP contribution < -0.4 is 0 Å². The van der Waals surface area contributed by atoms with Crippen LogP contribution in [0.2, 0.25) is 0 Å². The number of carboxylic acid groups (broad SMARTS) is 1. The molecule has 2 rings (SSSR count). The van der Waals surface area contributed by atoms with Crippen molar-refractivity contribution in [3.63, 3.8) is 0 Å². The first-order valence-electron chi connectivity index (χ1n) is 6.83. The molecule has 114 valence electrons. The van der Waals surface area contributed by atoms with Gasteiger partial charge in [0.2, 0.25) is 0 Å². The van der Waals surface area contributed by atoms with E-state index in [1.54, 1.807) is 0 Å². The zero-order valence-corrected chi connectivity index (χ0v) is 11.9. The minimum Gasteiger partial charge on any atom is -0.481 e. The lowest BCUT2D eigenvalue weighted by Gasteiger charge is -2.34. The first-order valence-corrected chi connectivity index (χ1v) is 6.83. The van der Waals surface area contributed by atoms with Crippen molar-refractivity contribution in [2.75, 3.05) is 20.2 Å². The summed E-state index contributed by atoms with van der Waals surface area (Å²) in [7, 11) is 1.49. The average Bonchev–Trinajstić information content (AvgIpc) is 2.52. The number of hydrogen-bond acceptors (Lipinski definition) is 4. The molecular weight excluding hydrogens is 274 g/mol. The van der Waals surface area contributed by atoms with E-state index in [0.29, 0.717) is 13.0 Å². The third-order valence-electron chi connectivity index (χ3n) is 3.63. The molecule has 1 amide bonds. The van der Waals surface area contributed by atoms with E-state index in [9.17, 15) is 14.7 Å². The first kappa shape index (κ1) is 15.3. The third-order valence-corrected chi connectivity index (χ3v) is 3.63. The molecule has 2 atom stereocenters. The molecule has 1 aromatic carbocycles. The van der Waals surface area contributed by atoms with Gasteiger partial charge in [-0.1, -0.05) is 30.3 Å². The summed E-state index contributed by atoms with van der Waals surface area (Å²) in [6, 6.07) is 9.36. The maximum absolute atomic E-state index is 12.0. The SMILES string of the molecule is COC1CCN(C(=O)OCc2ccccc2)CC1C(=O)O. The van der Waals surface area contributed by atoms with E-state index >= 15 is 0 Å². The number of aliphatic carboxylic acids is 1. The van der Waals surface area contributed by atoms with Gasteiger partial charge in [-0.25, -0.2) is 4.79 Å². The molecular formula is C15H19NO5. The van der Waals surface area contributed by atoms with Gasteiger partial charge in [-0.2, -0.15) is 0 Å². The van der Waals surface area contributed by atoms with Crippen molar-refractivity contribution in [1.82, 2.24) is 4.90 Å². The Morgan fingerprint density at radius 1 is 1.33 bits per heavy atom. The molecule has 1 fully saturated rings. The van der Waals surface area contributed by atoms with Gasteiger partial charge in [0.05, 0.1) is 6.10 Å². The third kappa shape index (κ3) is 3.95. The van der Waals surface area contributed by atoms with Gasteiger partial charge in [-0.3, -0.25) is 4.79 Å². The average molecular weight is 293 g/mol. The summed E-state index contributed by atoms with van der Waals surface area (Å²) >= 11 is 0. The Hall–Kier alpha value is -2.08. The van der Waals surface area contributed by atoms with Crippen LogP contribution in [0.4, 0.5) is 4.79 Å². The second kappa shape index (κ2) is 7.08. The molecule has 0 spiro atoms. The van der Waals surface area contributed by atoms with Gasteiger partial charge in [-0.15, -0.1) is 0 Å². The second-order valence-corrected chi connectivity index (χ2v) is 4.99. The van der Waals surface area contributed by atoms with Crippen LogP contribution in [-0.2, 0) is 20.9 Å². The molecule has 2 unspecified atom stereocenters. The van der Waals surface area contributed by atoms with Gasteiger partial charge >= 0.3 is 12.1 Å². The minimum absolute atomic E-state index is 0.113. The van der Waals surface area contributed by atoms with E-state index in [2.05, 4.69) is 0 Å². The molecule has 0 bridgehead atoms. The van der Waals surface area contributed by atoms with Crippen LogP contribution in [0.3, 0.4) is 0 Å². The van der Waals surface area contributed by atoms with Gasteiger partial charge < -0.3 is 19.5 Å². The lowest BCUT2D eigenvalue weighted by Crippen LogP contribution is -2.49. The number of rotatable bonds is 4. The molecule has 1 heterocycles. The first-order chi connectivity index (χ1) is 10.1. The highest BCUT2D eigenvalue weighted by molar-refractivity contribution is 5.73. The van der Waals surface area contributed by atoms with Crippen LogP contribution in [0.25, 0.3) is 0 Å². The number of amides is 1. The van der Waals surface area contributed by atoms with Gasteiger partial charge in [0, 0.05) is 20.2 Å². The number of carbonyl (C=O) groups is 2. The summed E-state index contributed by atoms with van der Waals surface area (Å²) in [5.74, 6) is -1.67. The van der Waals surface area contributed by atoms with Crippen molar-refractivity contribution in [3.05, 3.63) is 35.9 Å². The topological polar surface area (TPSA) is 76.1 Å². The normalized spacial score (nSPS) is 21.9. The highest BCUT2D eigenvalue weighted by Gasteiger charge is 2.36. The summed E-state index contributed by atoms with van der Waals surface area (Å²) < 4.78 is 10.4. The van der Waals surface area contributed by atoms with Crippen molar-refractivity contribution in [2.45, 2.75) is 19.1 Å². The predicted octanol–water partition coefficient (Wildman–Crippen LogP) is 1.74. The quantitative estimate of drug-likeness (QED) is 0.915. The molecule has 0 saturated carbocycles. The molecule has 1 N–H and O–H groups in total. The number of carbonyl (C=O) groups excluding carboxylic acids is 1. The van der Waals surface area contributed by atoms with Gasteiger partial charge in [0.15, 0.2) is 0 Å². The van der Waals surface area contributed by atoms with Crippen molar-refractivity contribution in [3.8, 4) is 0 Å². The van der Waals surface area contributed by atoms with Crippen LogP contribution in [0, 0.1) is 5.92 Å². The van der Waals surface area contributed by atoms with Crippen molar-refractivity contribution in [2.24, 2.45) is 5.92 Å². The summed E-state index contributed by atoms with van der Waals surface area (Å²) in [5.41, 5.74) is 0.896. The summed E-state index contributed by atoms with van der Waals surface area (Å²) in [5, 5.41) is 9.19. The van der Waals surface area contributed by atoms with Crippen LogP contribution >= 0.6 is 0 Å². The van der Waals surface area contributed by atoms with E-state index in [1.165, 1.54) is 12.0 Å². The van der Waals surface area contributed by atoms with E-state index in [1.807, 2.05) is 30.3 Å². The number of methoxy groups -OCH3 is 1. The Bertz CT molecular complexity index is 490. The Morgan fingerprint density at radius 2 is 2.05 bits per heavy atom. The predicted molar refractivity (Wildman–Crippen MR) is 74.7 cm³/mol. The Kier molecular flexibility index (Phi) is 5.16. The molecule has 1 saturated heterocycles. The van der Waals surface area contributed by atoms with Crippen LogP contribution in [-0.4, -0.2) is 48.4 Å². The zero-order valence-electron chi connectivity index (χ0n) is 11.9. The Labute approximate surface area is 123 Å². The molecule has 21 heavy (non-hydrogen) atoms. The number of piperidine rings is 1. The van der Waals surface area contributed by atoms with E-state index in [4.69, 9.17) is 9.47 Å². The number of nitrogens with zero attached hydrogens (tertiary/aromatic N) is 1. The molecule has 0 aliphatic carbocycles. The highest BCUT2D eigenvalue weighted by atomic mass is 16.6. The molecule has 0 radical (unpaired) electrons. The lowest BCUT2D eigenvalue weighted by molar-refractivity contribution is -0.149. The molecule has 6 heteroatoms. The summed E-state index contributed by atoms with van der Waals surface area (Å²) in [4.78, 5) is 24.6. The van der Waals surface area contributed by atoms with Crippen LogP contribution in [0.1, 0.15) is 12.0 Å². The highest BCUT2D eigenvalue weighted by Crippen LogP contribution is 2.21. The minimum atomic E-state index is -0.956. The summed E-state index contributed by atoms with van der Waals surface area (Å²) in [6.45, 7) is 0.735. The van der Waals surface area contributed by atoms with Gasteiger partial charge in [-0.05, 0) is 12.0 Å². The molecule has 1 aromatic rings. The molecule has 1 aliphatic heterocycles.